The van der Waals surface area contributed by atoms with Crippen molar-refractivity contribution in [2.45, 2.75) is 62.6 Å². The summed E-state index contributed by atoms with van der Waals surface area (Å²) in [6.45, 7) is 6.31. The molecule has 0 aromatic carbocycles. The molecule has 0 saturated heterocycles. The highest BCUT2D eigenvalue weighted by molar-refractivity contribution is 7.99. The molecule has 0 bridgehead atoms. The van der Waals surface area contributed by atoms with Gasteiger partial charge in [0, 0.05) is 23.9 Å². The third kappa shape index (κ3) is 5.07. The lowest BCUT2D eigenvalue weighted by Crippen LogP contribution is -2.44. The van der Waals surface area contributed by atoms with Gasteiger partial charge in [0.2, 0.25) is 10.0 Å². The fourth-order valence-corrected chi connectivity index (χ4v) is 4.14. The molecule has 4 nitrogen and oxygen atoms in total. The van der Waals surface area contributed by atoms with Crippen molar-refractivity contribution in [1.82, 2.24) is 10.0 Å². The Hall–Kier alpha value is 0.220. The molecule has 1 aliphatic rings. The number of hydrogen-bond donors (Lipinski definition) is 2. The van der Waals surface area contributed by atoms with E-state index >= 15 is 0 Å². The minimum Gasteiger partial charge on any atom is -0.313 e. The lowest BCUT2D eigenvalue weighted by Gasteiger charge is -2.19. The van der Waals surface area contributed by atoms with Crippen LogP contribution in [0.4, 0.5) is 0 Å². The Morgan fingerprint density at radius 2 is 1.94 bits per heavy atom. The van der Waals surface area contributed by atoms with E-state index in [1.807, 2.05) is 25.6 Å². The molecule has 0 amide bonds. The number of sulfonamides is 1. The van der Waals surface area contributed by atoms with Gasteiger partial charge in [-0.3, -0.25) is 0 Å². The second kappa shape index (κ2) is 7.12. The molecular weight excluding hydrogens is 268 g/mol. The van der Waals surface area contributed by atoms with Gasteiger partial charge in [0.15, 0.2) is 0 Å². The van der Waals surface area contributed by atoms with E-state index in [2.05, 4.69) is 16.3 Å². The van der Waals surface area contributed by atoms with Crippen LogP contribution in [0.5, 0.6) is 0 Å². The van der Waals surface area contributed by atoms with Crippen LogP contribution in [0.15, 0.2) is 0 Å². The first kappa shape index (κ1) is 16.3. The van der Waals surface area contributed by atoms with Crippen LogP contribution in [0.1, 0.15) is 40.0 Å². The lowest BCUT2D eigenvalue weighted by molar-refractivity contribution is 0.523. The summed E-state index contributed by atoms with van der Waals surface area (Å²) in [4.78, 5) is 0. The van der Waals surface area contributed by atoms with Crippen LogP contribution >= 0.6 is 11.8 Å². The summed E-state index contributed by atoms with van der Waals surface area (Å²) in [5, 5.41) is 3.40. The van der Waals surface area contributed by atoms with Crippen molar-refractivity contribution in [3.05, 3.63) is 0 Å². The van der Waals surface area contributed by atoms with Crippen molar-refractivity contribution >= 4 is 21.8 Å². The van der Waals surface area contributed by atoms with E-state index in [9.17, 15) is 8.42 Å². The fraction of sp³-hybridized carbons (Fsp3) is 1.00. The summed E-state index contributed by atoms with van der Waals surface area (Å²) in [6.07, 6.45) is 5.14. The minimum atomic E-state index is -3.19. The average molecular weight is 294 g/mol. The molecule has 0 spiro atoms. The van der Waals surface area contributed by atoms with Crippen LogP contribution in [-0.4, -0.2) is 43.8 Å². The first-order chi connectivity index (χ1) is 8.35. The second-order valence-corrected chi connectivity index (χ2v) is 8.67. The number of thioether (sulfide) groups is 1. The highest BCUT2D eigenvalue weighted by Crippen LogP contribution is 2.28. The molecule has 0 aromatic heterocycles. The summed E-state index contributed by atoms with van der Waals surface area (Å²) < 4.78 is 27.1. The number of hydrogen-bond acceptors (Lipinski definition) is 4. The van der Waals surface area contributed by atoms with E-state index in [-0.39, 0.29) is 11.3 Å². The summed E-state index contributed by atoms with van der Waals surface area (Å²) in [5.74, 6) is 0. The van der Waals surface area contributed by atoms with Crippen LogP contribution in [0.2, 0.25) is 0 Å². The predicted molar refractivity (Wildman–Crippen MR) is 79.6 cm³/mol. The van der Waals surface area contributed by atoms with Gasteiger partial charge in [-0.25, -0.2) is 13.1 Å². The first-order valence-electron chi connectivity index (χ1n) is 6.62. The topological polar surface area (TPSA) is 58.2 Å². The van der Waals surface area contributed by atoms with E-state index in [1.165, 1.54) is 0 Å². The number of nitrogens with one attached hydrogen (secondary N) is 2. The van der Waals surface area contributed by atoms with Gasteiger partial charge in [0.05, 0.1) is 5.25 Å². The van der Waals surface area contributed by atoms with Gasteiger partial charge in [0.25, 0.3) is 0 Å². The van der Waals surface area contributed by atoms with E-state index in [0.717, 1.165) is 19.3 Å². The van der Waals surface area contributed by atoms with E-state index in [1.54, 1.807) is 6.92 Å². The molecule has 3 unspecified atom stereocenters. The molecule has 3 atom stereocenters. The standard InChI is InChI=1S/C12H26N2O2S2/c1-9(2)13-8-10(3)18(15,16)14-11-5-6-12(7-11)17-4/h9-14H,5-8H2,1-4H3. The summed E-state index contributed by atoms with van der Waals surface area (Å²) >= 11 is 1.84. The van der Waals surface area contributed by atoms with Crippen LogP contribution < -0.4 is 10.0 Å². The van der Waals surface area contributed by atoms with Gasteiger partial charge in [0.1, 0.15) is 0 Å². The second-order valence-electron chi connectivity index (χ2n) is 5.40. The monoisotopic (exact) mass is 294 g/mol. The molecule has 1 aliphatic carbocycles. The van der Waals surface area contributed by atoms with Crippen molar-refractivity contribution in [3.63, 3.8) is 0 Å². The lowest BCUT2D eigenvalue weighted by atomic mass is 10.3. The molecule has 1 fully saturated rings. The van der Waals surface area contributed by atoms with Crippen LogP contribution in [0.25, 0.3) is 0 Å². The van der Waals surface area contributed by atoms with Crippen molar-refractivity contribution in [1.29, 1.82) is 0 Å². The van der Waals surface area contributed by atoms with Gasteiger partial charge >= 0.3 is 0 Å². The first-order valence-corrected chi connectivity index (χ1v) is 9.46. The third-order valence-corrected chi connectivity index (χ3v) is 6.37. The molecule has 18 heavy (non-hydrogen) atoms. The van der Waals surface area contributed by atoms with Gasteiger partial charge < -0.3 is 5.32 Å². The maximum absolute atomic E-state index is 12.1. The Morgan fingerprint density at radius 1 is 1.28 bits per heavy atom. The maximum atomic E-state index is 12.1. The quantitative estimate of drug-likeness (QED) is 0.748. The average Bonchev–Trinajstić information content (AvgIpc) is 2.72. The van der Waals surface area contributed by atoms with Gasteiger partial charge in [-0.1, -0.05) is 13.8 Å². The third-order valence-electron chi connectivity index (χ3n) is 3.39. The van der Waals surface area contributed by atoms with Crippen LogP contribution in [-0.2, 0) is 10.0 Å². The molecule has 1 rings (SSSR count). The normalized spacial score (nSPS) is 26.7. The Balaban J connectivity index is 2.44. The van der Waals surface area contributed by atoms with Crippen molar-refractivity contribution < 1.29 is 8.42 Å². The highest BCUT2D eigenvalue weighted by atomic mass is 32.2. The highest BCUT2D eigenvalue weighted by Gasteiger charge is 2.30. The molecule has 108 valence electrons. The summed E-state index contributed by atoms with van der Waals surface area (Å²) in [5.41, 5.74) is 0. The Morgan fingerprint density at radius 3 is 2.44 bits per heavy atom. The molecule has 0 radical (unpaired) electrons. The SMILES string of the molecule is CSC1CCC(NS(=O)(=O)C(C)CNC(C)C)C1. The van der Waals surface area contributed by atoms with Gasteiger partial charge in [-0.15, -0.1) is 0 Å². The van der Waals surface area contributed by atoms with Crippen molar-refractivity contribution in [2.24, 2.45) is 0 Å². The Kier molecular flexibility index (Phi) is 6.44. The van der Waals surface area contributed by atoms with Crippen LogP contribution in [0.3, 0.4) is 0 Å². The van der Waals surface area contributed by atoms with Gasteiger partial charge in [-0.2, -0.15) is 11.8 Å². The molecule has 1 saturated carbocycles. The zero-order valence-corrected chi connectivity index (χ0v) is 13.4. The Labute approximate surface area is 116 Å². The zero-order chi connectivity index (χ0) is 13.8. The molecule has 2 N–H and O–H groups in total. The smallest absolute Gasteiger partial charge is 0.215 e. The van der Waals surface area contributed by atoms with E-state index in [4.69, 9.17) is 0 Å². The van der Waals surface area contributed by atoms with E-state index < -0.39 is 10.0 Å². The zero-order valence-electron chi connectivity index (χ0n) is 11.8. The largest absolute Gasteiger partial charge is 0.313 e. The summed E-state index contributed by atoms with van der Waals surface area (Å²) in [6, 6.07) is 0.448. The fourth-order valence-electron chi connectivity index (χ4n) is 2.12. The molecule has 0 aromatic rings. The van der Waals surface area contributed by atoms with E-state index in [0.29, 0.717) is 17.8 Å². The molecular formula is C12H26N2O2S2. The molecule has 0 aliphatic heterocycles. The minimum absolute atomic E-state index is 0.133. The summed E-state index contributed by atoms with van der Waals surface area (Å²) in [7, 11) is -3.19. The van der Waals surface area contributed by atoms with Crippen LogP contribution in [0, 0.1) is 0 Å². The molecule has 6 heteroatoms. The maximum Gasteiger partial charge on any atom is 0.215 e. The van der Waals surface area contributed by atoms with Crippen molar-refractivity contribution in [3.8, 4) is 0 Å². The van der Waals surface area contributed by atoms with Crippen molar-refractivity contribution in [2.75, 3.05) is 12.8 Å². The molecule has 0 heterocycles. The van der Waals surface area contributed by atoms with Gasteiger partial charge in [-0.05, 0) is 32.4 Å². The Bertz CT molecular complexity index is 344. The predicted octanol–water partition coefficient (Wildman–Crippen LogP) is 1.58. The number of rotatable bonds is 7.